The molecule has 4 N–H and O–H groups in total. The highest BCUT2D eigenvalue weighted by molar-refractivity contribution is 6.31. The SMILES string of the molecule is CCNC(=O)CN(C)CCC(=O)Nc1ccc(Cl)cc1N. The van der Waals surface area contributed by atoms with Crippen LogP contribution in [-0.2, 0) is 9.59 Å². The molecule has 0 aromatic heterocycles. The third-order valence-electron chi connectivity index (χ3n) is 2.80. The molecule has 0 bridgehead atoms. The summed E-state index contributed by atoms with van der Waals surface area (Å²) in [5.41, 5.74) is 6.72. The molecule has 1 rings (SSSR count). The summed E-state index contributed by atoms with van der Waals surface area (Å²) in [6.45, 7) is 3.21. The number of nitrogens with two attached hydrogens (primary N) is 1. The maximum absolute atomic E-state index is 11.8. The molecular weight excluding hydrogens is 292 g/mol. The fraction of sp³-hybridized carbons (Fsp3) is 0.429. The van der Waals surface area contributed by atoms with Gasteiger partial charge in [-0.3, -0.25) is 14.5 Å². The van der Waals surface area contributed by atoms with Gasteiger partial charge in [0.25, 0.3) is 0 Å². The van der Waals surface area contributed by atoms with Gasteiger partial charge in [-0.05, 0) is 32.2 Å². The highest BCUT2D eigenvalue weighted by atomic mass is 35.5. The summed E-state index contributed by atoms with van der Waals surface area (Å²) in [4.78, 5) is 25.0. The van der Waals surface area contributed by atoms with Gasteiger partial charge in [0.05, 0.1) is 17.9 Å². The summed E-state index contributed by atoms with van der Waals surface area (Å²) in [7, 11) is 1.79. The average Bonchev–Trinajstić information content (AvgIpc) is 2.40. The van der Waals surface area contributed by atoms with Crippen LogP contribution in [0.5, 0.6) is 0 Å². The lowest BCUT2D eigenvalue weighted by molar-refractivity contribution is -0.122. The number of nitrogen functional groups attached to an aromatic ring is 1. The van der Waals surface area contributed by atoms with Gasteiger partial charge in [0, 0.05) is 24.5 Å². The molecule has 0 aliphatic rings. The maximum Gasteiger partial charge on any atom is 0.234 e. The second-order valence-electron chi connectivity index (χ2n) is 4.72. The highest BCUT2D eigenvalue weighted by Crippen LogP contribution is 2.22. The number of carbonyl (C=O) groups is 2. The predicted octanol–water partition coefficient (Wildman–Crippen LogP) is 1.32. The Balaban J connectivity index is 2.38. The molecule has 21 heavy (non-hydrogen) atoms. The standard InChI is InChI=1S/C14H21ClN4O2/c1-3-17-14(21)9-19(2)7-6-13(20)18-12-5-4-10(15)8-11(12)16/h4-5,8H,3,6-7,9,16H2,1-2H3,(H,17,21)(H,18,20). The zero-order chi connectivity index (χ0) is 15.8. The molecule has 1 aromatic carbocycles. The molecule has 7 heteroatoms. The second-order valence-corrected chi connectivity index (χ2v) is 5.16. The average molecular weight is 313 g/mol. The van der Waals surface area contributed by atoms with Gasteiger partial charge in [-0.15, -0.1) is 0 Å². The van der Waals surface area contributed by atoms with Gasteiger partial charge in [0.1, 0.15) is 0 Å². The van der Waals surface area contributed by atoms with Crippen molar-refractivity contribution in [3.8, 4) is 0 Å². The van der Waals surface area contributed by atoms with E-state index in [1.54, 1.807) is 30.1 Å². The minimum atomic E-state index is -0.160. The first-order valence-corrected chi connectivity index (χ1v) is 7.10. The lowest BCUT2D eigenvalue weighted by Gasteiger charge is -2.16. The number of nitrogens with zero attached hydrogens (tertiary/aromatic N) is 1. The summed E-state index contributed by atoms with van der Waals surface area (Å²) < 4.78 is 0. The molecule has 0 heterocycles. The molecule has 1 aromatic rings. The van der Waals surface area contributed by atoms with Crippen molar-refractivity contribution in [3.05, 3.63) is 23.2 Å². The normalized spacial score (nSPS) is 10.5. The summed E-state index contributed by atoms with van der Waals surface area (Å²) in [6.07, 6.45) is 0.276. The summed E-state index contributed by atoms with van der Waals surface area (Å²) in [6, 6.07) is 4.90. The van der Waals surface area contributed by atoms with E-state index in [1.807, 2.05) is 6.92 Å². The third kappa shape index (κ3) is 6.46. The van der Waals surface area contributed by atoms with Crippen LogP contribution >= 0.6 is 11.6 Å². The van der Waals surface area contributed by atoms with E-state index in [1.165, 1.54) is 0 Å². The Hall–Kier alpha value is -1.79. The quantitative estimate of drug-likeness (QED) is 0.663. The van der Waals surface area contributed by atoms with E-state index in [4.69, 9.17) is 17.3 Å². The van der Waals surface area contributed by atoms with Gasteiger partial charge in [-0.1, -0.05) is 11.6 Å². The van der Waals surface area contributed by atoms with Gasteiger partial charge in [0.2, 0.25) is 11.8 Å². The first-order valence-electron chi connectivity index (χ1n) is 6.72. The first kappa shape index (κ1) is 17.3. The van der Waals surface area contributed by atoms with Crippen molar-refractivity contribution in [2.75, 3.05) is 37.7 Å². The van der Waals surface area contributed by atoms with Crippen LogP contribution in [0.3, 0.4) is 0 Å². The topological polar surface area (TPSA) is 87.5 Å². The van der Waals surface area contributed by atoms with Crippen LogP contribution in [0.25, 0.3) is 0 Å². The Morgan fingerprint density at radius 3 is 2.67 bits per heavy atom. The molecule has 2 amide bonds. The van der Waals surface area contributed by atoms with E-state index < -0.39 is 0 Å². The Morgan fingerprint density at radius 1 is 1.33 bits per heavy atom. The number of hydrogen-bond donors (Lipinski definition) is 3. The molecule has 0 aliphatic carbocycles. The van der Waals surface area contributed by atoms with Gasteiger partial charge in [-0.25, -0.2) is 0 Å². The van der Waals surface area contributed by atoms with Gasteiger partial charge in [-0.2, -0.15) is 0 Å². The molecule has 0 spiro atoms. The van der Waals surface area contributed by atoms with Gasteiger partial charge in [0.15, 0.2) is 0 Å². The highest BCUT2D eigenvalue weighted by Gasteiger charge is 2.09. The van der Waals surface area contributed by atoms with Crippen LogP contribution in [0.2, 0.25) is 5.02 Å². The lowest BCUT2D eigenvalue weighted by Crippen LogP contribution is -2.36. The second kappa shape index (κ2) is 8.49. The number of nitrogens with one attached hydrogen (secondary N) is 2. The monoisotopic (exact) mass is 312 g/mol. The molecule has 0 saturated carbocycles. The van der Waals surface area contributed by atoms with Crippen LogP contribution in [0.15, 0.2) is 18.2 Å². The molecule has 0 radical (unpaired) electrons. The van der Waals surface area contributed by atoms with Crippen molar-refractivity contribution < 1.29 is 9.59 Å². The number of halogens is 1. The summed E-state index contributed by atoms with van der Waals surface area (Å²) >= 11 is 5.79. The van der Waals surface area contributed by atoms with E-state index >= 15 is 0 Å². The molecule has 0 saturated heterocycles. The fourth-order valence-electron chi connectivity index (χ4n) is 1.73. The number of anilines is 2. The smallest absolute Gasteiger partial charge is 0.234 e. The van der Waals surface area contributed by atoms with Crippen molar-refractivity contribution in [2.45, 2.75) is 13.3 Å². The van der Waals surface area contributed by atoms with Crippen LogP contribution in [-0.4, -0.2) is 43.4 Å². The van der Waals surface area contributed by atoms with E-state index in [2.05, 4.69) is 10.6 Å². The molecule has 116 valence electrons. The molecule has 0 aliphatic heterocycles. The van der Waals surface area contributed by atoms with Crippen molar-refractivity contribution in [1.82, 2.24) is 10.2 Å². The van der Waals surface area contributed by atoms with Crippen LogP contribution in [0.1, 0.15) is 13.3 Å². The van der Waals surface area contributed by atoms with Crippen LogP contribution in [0, 0.1) is 0 Å². The Labute approximate surface area is 129 Å². The first-order chi connectivity index (χ1) is 9.92. The van der Waals surface area contributed by atoms with E-state index in [0.29, 0.717) is 29.5 Å². The number of amides is 2. The number of benzene rings is 1. The van der Waals surface area contributed by atoms with E-state index in [9.17, 15) is 9.59 Å². The van der Waals surface area contributed by atoms with Crippen LogP contribution in [0.4, 0.5) is 11.4 Å². The molecule has 0 fully saturated rings. The maximum atomic E-state index is 11.8. The largest absolute Gasteiger partial charge is 0.397 e. The number of rotatable bonds is 7. The van der Waals surface area contributed by atoms with E-state index in [0.717, 1.165) is 0 Å². The zero-order valence-corrected chi connectivity index (χ0v) is 13.0. The van der Waals surface area contributed by atoms with Crippen molar-refractivity contribution in [2.24, 2.45) is 0 Å². The van der Waals surface area contributed by atoms with Crippen molar-refractivity contribution in [1.29, 1.82) is 0 Å². The number of carbonyl (C=O) groups excluding carboxylic acids is 2. The zero-order valence-electron chi connectivity index (χ0n) is 12.3. The number of hydrogen-bond acceptors (Lipinski definition) is 4. The molecule has 0 unspecified atom stereocenters. The number of likely N-dealkylation sites (N-methyl/N-ethyl adjacent to an activating group) is 2. The molecule has 6 nitrogen and oxygen atoms in total. The van der Waals surface area contributed by atoms with Gasteiger partial charge < -0.3 is 16.4 Å². The summed E-state index contributed by atoms with van der Waals surface area (Å²) in [5, 5.41) is 5.95. The predicted molar refractivity (Wildman–Crippen MR) is 85.3 cm³/mol. The Kier molecular flexibility index (Phi) is 6.98. The van der Waals surface area contributed by atoms with E-state index in [-0.39, 0.29) is 24.8 Å². The third-order valence-corrected chi connectivity index (χ3v) is 3.03. The minimum absolute atomic E-state index is 0.0534. The lowest BCUT2D eigenvalue weighted by atomic mass is 10.2. The van der Waals surface area contributed by atoms with Gasteiger partial charge >= 0.3 is 0 Å². The van der Waals surface area contributed by atoms with Crippen molar-refractivity contribution in [3.63, 3.8) is 0 Å². The van der Waals surface area contributed by atoms with Crippen LogP contribution < -0.4 is 16.4 Å². The Bertz CT molecular complexity index is 508. The molecule has 0 atom stereocenters. The minimum Gasteiger partial charge on any atom is -0.397 e. The molecular formula is C14H21ClN4O2. The summed E-state index contributed by atoms with van der Waals surface area (Å²) in [5.74, 6) is -0.214. The Morgan fingerprint density at radius 2 is 2.05 bits per heavy atom. The fourth-order valence-corrected chi connectivity index (χ4v) is 1.91. The van der Waals surface area contributed by atoms with Crippen molar-refractivity contribution >= 4 is 34.8 Å².